The van der Waals surface area contributed by atoms with Crippen molar-refractivity contribution in [3.8, 4) is 5.75 Å². The summed E-state index contributed by atoms with van der Waals surface area (Å²) in [6, 6.07) is 5.13. The number of hydrogen-bond donors (Lipinski definition) is 3. The fourth-order valence-electron chi connectivity index (χ4n) is 1.46. The van der Waals surface area contributed by atoms with Crippen molar-refractivity contribution < 1.29 is 29.0 Å². The molecule has 0 unspecified atom stereocenters. The van der Waals surface area contributed by atoms with Gasteiger partial charge in [-0.1, -0.05) is 12.1 Å². The summed E-state index contributed by atoms with van der Waals surface area (Å²) >= 11 is 0. The third-order valence-corrected chi connectivity index (χ3v) is 2.43. The normalized spacial score (nSPS) is 11.3. The standard InChI is InChI=1S/C13H16N2O6/c1-20-12(18)10(14)7-15-13(19)21-9-4-2-3-8(5-9)6-11(16)17/h2-5,10H,6-7,14H2,1H3,(H,15,19)(H,16,17)/t10-/m0/s1. The predicted molar refractivity (Wildman–Crippen MR) is 71.8 cm³/mol. The summed E-state index contributed by atoms with van der Waals surface area (Å²) in [4.78, 5) is 33.1. The number of benzene rings is 1. The lowest BCUT2D eigenvalue weighted by Gasteiger charge is -2.11. The van der Waals surface area contributed by atoms with Gasteiger partial charge in [-0.3, -0.25) is 9.59 Å². The third kappa shape index (κ3) is 5.91. The van der Waals surface area contributed by atoms with Crippen molar-refractivity contribution >= 4 is 18.0 Å². The fraction of sp³-hybridized carbons (Fsp3) is 0.308. The highest BCUT2D eigenvalue weighted by atomic mass is 16.6. The Kier molecular flexibility index (Phi) is 6.15. The Morgan fingerprint density at radius 3 is 2.71 bits per heavy atom. The van der Waals surface area contributed by atoms with Gasteiger partial charge in [0.2, 0.25) is 0 Å². The highest BCUT2D eigenvalue weighted by Gasteiger charge is 2.15. The number of aliphatic carboxylic acids is 1. The zero-order valence-electron chi connectivity index (χ0n) is 11.4. The van der Waals surface area contributed by atoms with Crippen LogP contribution < -0.4 is 15.8 Å². The number of nitrogens with one attached hydrogen (secondary N) is 1. The van der Waals surface area contributed by atoms with Crippen LogP contribution in [0.3, 0.4) is 0 Å². The molecule has 1 aromatic carbocycles. The van der Waals surface area contributed by atoms with Gasteiger partial charge < -0.3 is 25.6 Å². The van der Waals surface area contributed by atoms with E-state index in [-0.39, 0.29) is 18.7 Å². The van der Waals surface area contributed by atoms with Gasteiger partial charge in [-0.15, -0.1) is 0 Å². The maximum Gasteiger partial charge on any atom is 0.412 e. The van der Waals surface area contributed by atoms with E-state index in [1.54, 1.807) is 12.1 Å². The van der Waals surface area contributed by atoms with Crippen molar-refractivity contribution in [3.05, 3.63) is 29.8 Å². The van der Waals surface area contributed by atoms with Crippen LogP contribution >= 0.6 is 0 Å². The molecule has 0 saturated carbocycles. The molecule has 0 spiro atoms. The molecular formula is C13H16N2O6. The number of carboxylic acids is 1. The molecule has 1 aromatic rings. The maximum atomic E-state index is 11.5. The molecule has 114 valence electrons. The van der Waals surface area contributed by atoms with Crippen LogP contribution in [0.25, 0.3) is 0 Å². The Morgan fingerprint density at radius 2 is 2.10 bits per heavy atom. The average Bonchev–Trinajstić information content (AvgIpc) is 2.43. The molecule has 8 heteroatoms. The second kappa shape index (κ2) is 7.85. The van der Waals surface area contributed by atoms with Crippen molar-refractivity contribution in [1.29, 1.82) is 0 Å². The fourth-order valence-corrected chi connectivity index (χ4v) is 1.46. The number of hydrogen-bond acceptors (Lipinski definition) is 6. The summed E-state index contributed by atoms with van der Waals surface area (Å²) in [7, 11) is 1.19. The van der Waals surface area contributed by atoms with Gasteiger partial charge in [-0.25, -0.2) is 4.79 Å². The molecule has 0 heterocycles. The average molecular weight is 296 g/mol. The van der Waals surface area contributed by atoms with E-state index in [4.69, 9.17) is 15.6 Å². The minimum atomic E-state index is -0.986. The van der Waals surface area contributed by atoms with Crippen LogP contribution in [0.2, 0.25) is 0 Å². The van der Waals surface area contributed by atoms with Crippen LogP contribution in [0.1, 0.15) is 5.56 Å². The molecule has 1 amide bonds. The molecule has 0 aliphatic heterocycles. The molecule has 8 nitrogen and oxygen atoms in total. The van der Waals surface area contributed by atoms with Gasteiger partial charge in [-0.05, 0) is 17.7 Å². The molecule has 0 aliphatic rings. The number of methoxy groups -OCH3 is 1. The first kappa shape index (κ1) is 16.4. The molecule has 21 heavy (non-hydrogen) atoms. The summed E-state index contributed by atoms with van der Waals surface area (Å²) in [5.74, 6) is -1.45. The highest BCUT2D eigenvalue weighted by Crippen LogP contribution is 2.13. The van der Waals surface area contributed by atoms with E-state index in [1.165, 1.54) is 19.2 Å². The molecule has 0 saturated heterocycles. The Labute approximate surface area is 120 Å². The van der Waals surface area contributed by atoms with Crippen molar-refractivity contribution in [1.82, 2.24) is 5.32 Å². The summed E-state index contributed by atoms with van der Waals surface area (Å²) < 4.78 is 9.35. The zero-order chi connectivity index (χ0) is 15.8. The van der Waals surface area contributed by atoms with E-state index in [1.807, 2.05) is 0 Å². The van der Waals surface area contributed by atoms with Crippen molar-refractivity contribution in [2.45, 2.75) is 12.5 Å². The summed E-state index contributed by atoms with van der Waals surface area (Å²) in [6.07, 6.45) is -0.978. The van der Waals surface area contributed by atoms with Gasteiger partial charge in [0.25, 0.3) is 0 Å². The lowest BCUT2D eigenvalue weighted by molar-refractivity contribution is -0.142. The number of nitrogens with two attached hydrogens (primary N) is 1. The van der Waals surface area contributed by atoms with Gasteiger partial charge >= 0.3 is 18.0 Å². The van der Waals surface area contributed by atoms with Gasteiger partial charge in [0.15, 0.2) is 0 Å². The summed E-state index contributed by atoms with van der Waals surface area (Å²) in [5.41, 5.74) is 5.94. The van der Waals surface area contributed by atoms with E-state index in [2.05, 4.69) is 10.1 Å². The molecule has 1 rings (SSSR count). The second-order valence-corrected chi connectivity index (χ2v) is 4.12. The molecule has 0 bridgehead atoms. The van der Waals surface area contributed by atoms with E-state index < -0.39 is 24.1 Å². The van der Waals surface area contributed by atoms with Gasteiger partial charge in [-0.2, -0.15) is 0 Å². The third-order valence-electron chi connectivity index (χ3n) is 2.43. The smallest absolute Gasteiger partial charge is 0.412 e. The van der Waals surface area contributed by atoms with Crippen LogP contribution in [0, 0.1) is 0 Å². The number of ether oxygens (including phenoxy) is 2. The van der Waals surface area contributed by atoms with Crippen LogP contribution in [-0.4, -0.2) is 42.8 Å². The highest BCUT2D eigenvalue weighted by molar-refractivity contribution is 5.77. The zero-order valence-corrected chi connectivity index (χ0v) is 11.4. The monoisotopic (exact) mass is 296 g/mol. The Bertz CT molecular complexity index is 531. The van der Waals surface area contributed by atoms with Crippen LogP contribution in [0.15, 0.2) is 24.3 Å². The lowest BCUT2D eigenvalue weighted by Crippen LogP contribution is -2.43. The van der Waals surface area contributed by atoms with Crippen molar-refractivity contribution in [2.24, 2.45) is 5.73 Å². The van der Waals surface area contributed by atoms with Gasteiger partial charge in [0.1, 0.15) is 11.8 Å². The first-order chi connectivity index (χ1) is 9.92. The Balaban J connectivity index is 2.51. The van der Waals surface area contributed by atoms with Crippen molar-refractivity contribution in [3.63, 3.8) is 0 Å². The van der Waals surface area contributed by atoms with Gasteiger partial charge in [0.05, 0.1) is 13.5 Å². The van der Waals surface area contributed by atoms with E-state index in [0.717, 1.165) is 0 Å². The van der Waals surface area contributed by atoms with Crippen molar-refractivity contribution in [2.75, 3.05) is 13.7 Å². The van der Waals surface area contributed by atoms with Crippen LogP contribution in [0.5, 0.6) is 5.75 Å². The first-order valence-electron chi connectivity index (χ1n) is 6.02. The summed E-state index contributed by atoms with van der Waals surface area (Å²) in [5, 5.41) is 11.0. The summed E-state index contributed by atoms with van der Waals surface area (Å²) in [6.45, 7) is -0.139. The van der Waals surface area contributed by atoms with E-state index >= 15 is 0 Å². The molecule has 0 aliphatic carbocycles. The Hall–Kier alpha value is -2.61. The van der Waals surface area contributed by atoms with Crippen LogP contribution in [-0.2, 0) is 20.7 Å². The topological polar surface area (TPSA) is 128 Å². The molecular weight excluding hydrogens is 280 g/mol. The first-order valence-corrected chi connectivity index (χ1v) is 6.02. The maximum absolute atomic E-state index is 11.5. The molecule has 1 atom stereocenters. The van der Waals surface area contributed by atoms with Crippen LogP contribution in [0.4, 0.5) is 4.79 Å². The number of esters is 1. The number of carboxylic acid groups (broad SMARTS) is 1. The van der Waals surface area contributed by atoms with E-state index in [0.29, 0.717) is 5.56 Å². The number of carbonyl (C=O) groups excluding carboxylic acids is 2. The largest absolute Gasteiger partial charge is 0.481 e. The quantitative estimate of drug-likeness (QED) is 0.625. The minimum Gasteiger partial charge on any atom is -0.481 e. The second-order valence-electron chi connectivity index (χ2n) is 4.12. The predicted octanol–water partition coefficient (Wildman–Crippen LogP) is -0.0976. The Morgan fingerprint density at radius 1 is 1.38 bits per heavy atom. The molecule has 0 aromatic heterocycles. The number of amides is 1. The minimum absolute atomic E-state index is 0.139. The molecule has 0 radical (unpaired) electrons. The van der Waals surface area contributed by atoms with E-state index in [9.17, 15) is 14.4 Å². The number of rotatable bonds is 6. The molecule has 4 N–H and O–H groups in total. The van der Waals surface area contributed by atoms with Gasteiger partial charge in [0, 0.05) is 6.54 Å². The SMILES string of the molecule is COC(=O)[C@@H](N)CNC(=O)Oc1cccc(CC(=O)O)c1. The number of carbonyl (C=O) groups is 3. The lowest BCUT2D eigenvalue weighted by atomic mass is 10.1. The molecule has 0 fully saturated rings.